The highest BCUT2D eigenvalue weighted by atomic mass is 16.5. The van der Waals surface area contributed by atoms with E-state index in [4.69, 9.17) is 9.84 Å². The van der Waals surface area contributed by atoms with Gasteiger partial charge in [0.25, 0.3) is 0 Å². The second kappa shape index (κ2) is 7.27. The molecule has 1 amide bonds. The summed E-state index contributed by atoms with van der Waals surface area (Å²) in [4.78, 5) is 22.0. The van der Waals surface area contributed by atoms with E-state index in [1.807, 2.05) is 0 Å². The number of carboxylic acid groups (broad SMARTS) is 1. The molecule has 1 rings (SSSR count). The van der Waals surface area contributed by atoms with Gasteiger partial charge in [-0.05, 0) is 19.3 Å². The largest absolute Gasteiger partial charge is 0.481 e. The predicted molar refractivity (Wildman–Crippen MR) is 62.6 cm³/mol. The molecule has 0 aliphatic heterocycles. The van der Waals surface area contributed by atoms with Crippen molar-refractivity contribution in [3.63, 3.8) is 0 Å². The molecule has 17 heavy (non-hydrogen) atoms. The van der Waals surface area contributed by atoms with E-state index in [0.717, 1.165) is 25.9 Å². The fraction of sp³-hybridized carbons (Fsp3) is 0.833. The molecule has 1 fully saturated rings. The number of unbranched alkanes of at least 4 members (excludes halogenated alkanes) is 1. The maximum Gasteiger partial charge on any atom is 0.307 e. The molecule has 0 aromatic heterocycles. The maximum atomic E-state index is 11.4. The van der Waals surface area contributed by atoms with Gasteiger partial charge in [-0.25, -0.2) is 0 Å². The Kier molecular flexibility index (Phi) is 5.97. The molecule has 1 aliphatic carbocycles. The first kappa shape index (κ1) is 14.0. The Morgan fingerprint density at radius 2 is 2.00 bits per heavy atom. The summed E-state index contributed by atoms with van der Waals surface area (Å²) >= 11 is 0. The third-order valence-corrected chi connectivity index (χ3v) is 2.85. The zero-order valence-electron chi connectivity index (χ0n) is 10.3. The molecular formula is C12H21NO4. The van der Waals surface area contributed by atoms with Gasteiger partial charge in [0.2, 0.25) is 5.91 Å². The lowest BCUT2D eigenvalue weighted by atomic mass is 10.3. The summed E-state index contributed by atoms with van der Waals surface area (Å²) in [5, 5.41) is 11.4. The Balaban J connectivity index is 1.93. The molecule has 2 N–H and O–H groups in total. The lowest BCUT2D eigenvalue weighted by Crippen LogP contribution is -2.28. The summed E-state index contributed by atoms with van der Waals surface area (Å²) in [6.07, 6.45) is 3.44. The highest BCUT2D eigenvalue weighted by Crippen LogP contribution is 2.38. The number of carbonyl (C=O) groups is 2. The second-order valence-electron chi connectivity index (χ2n) is 4.40. The van der Waals surface area contributed by atoms with Crippen LogP contribution in [0.3, 0.4) is 0 Å². The molecule has 0 aromatic carbocycles. The summed E-state index contributed by atoms with van der Waals surface area (Å²) in [6, 6.07) is 0. The maximum absolute atomic E-state index is 11.4. The first-order valence-electron chi connectivity index (χ1n) is 6.25. The number of aliphatic carboxylic acids is 1. The summed E-state index contributed by atoms with van der Waals surface area (Å²) in [5.74, 6) is -1.77. The minimum absolute atomic E-state index is 0.133. The van der Waals surface area contributed by atoms with Gasteiger partial charge in [0, 0.05) is 19.8 Å². The number of carboxylic acids is 1. The highest BCUT2D eigenvalue weighted by molar-refractivity contribution is 5.89. The molecule has 0 aromatic rings. The molecule has 98 valence electrons. The van der Waals surface area contributed by atoms with E-state index in [1.54, 1.807) is 0 Å². The zero-order chi connectivity index (χ0) is 12.7. The minimum atomic E-state index is -0.868. The molecule has 0 spiro atoms. The topological polar surface area (TPSA) is 75.6 Å². The van der Waals surface area contributed by atoms with Gasteiger partial charge in [-0.2, -0.15) is 0 Å². The summed E-state index contributed by atoms with van der Waals surface area (Å²) < 4.78 is 5.35. The molecule has 1 saturated carbocycles. The van der Waals surface area contributed by atoms with Gasteiger partial charge in [0.05, 0.1) is 11.8 Å². The molecular weight excluding hydrogens is 222 g/mol. The second-order valence-corrected chi connectivity index (χ2v) is 4.40. The van der Waals surface area contributed by atoms with Gasteiger partial charge in [0.15, 0.2) is 0 Å². The van der Waals surface area contributed by atoms with Gasteiger partial charge in [0.1, 0.15) is 0 Å². The smallest absolute Gasteiger partial charge is 0.307 e. The van der Waals surface area contributed by atoms with E-state index in [1.165, 1.54) is 0 Å². The SMILES string of the molecule is CCCCOCCCNC(=O)C1CC1C(=O)O. The lowest BCUT2D eigenvalue weighted by molar-refractivity contribution is -0.140. The Labute approximate surface area is 102 Å². The van der Waals surface area contributed by atoms with E-state index in [-0.39, 0.29) is 11.8 Å². The molecule has 0 radical (unpaired) electrons. The van der Waals surface area contributed by atoms with E-state index in [0.29, 0.717) is 19.6 Å². The lowest BCUT2D eigenvalue weighted by Gasteiger charge is -2.05. The van der Waals surface area contributed by atoms with Crippen LogP contribution in [0.1, 0.15) is 32.6 Å². The van der Waals surface area contributed by atoms with E-state index in [9.17, 15) is 9.59 Å². The molecule has 1 aliphatic rings. The minimum Gasteiger partial charge on any atom is -0.481 e. The molecule has 2 unspecified atom stereocenters. The van der Waals surface area contributed by atoms with Crippen LogP contribution in [0.25, 0.3) is 0 Å². The van der Waals surface area contributed by atoms with Gasteiger partial charge >= 0.3 is 5.97 Å². The summed E-state index contributed by atoms with van der Waals surface area (Å²) in [6.45, 7) is 4.09. The van der Waals surface area contributed by atoms with Gasteiger partial charge in [-0.3, -0.25) is 9.59 Å². The Hall–Kier alpha value is -1.10. The van der Waals surface area contributed by atoms with Crippen LogP contribution in [0.5, 0.6) is 0 Å². The van der Waals surface area contributed by atoms with Gasteiger partial charge in [-0.15, -0.1) is 0 Å². The third kappa shape index (κ3) is 5.17. The molecule has 5 heteroatoms. The molecule has 2 atom stereocenters. The first-order valence-corrected chi connectivity index (χ1v) is 6.25. The van der Waals surface area contributed by atoms with Crippen LogP contribution in [-0.4, -0.2) is 36.7 Å². The van der Waals surface area contributed by atoms with Crippen molar-refractivity contribution in [2.45, 2.75) is 32.6 Å². The number of carbonyl (C=O) groups excluding carboxylic acids is 1. The predicted octanol–water partition coefficient (Wildman–Crippen LogP) is 1.03. The van der Waals surface area contributed by atoms with Crippen molar-refractivity contribution in [1.82, 2.24) is 5.32 Å². The van der Waals surface area contributed by atoms with Crippen molar-refractivity contribution in [1.29, 1.82) is 0 Å². The highest BCUT2D eigenvalue weighted by Gasteiger charge is 2.48. The molecule has 0 bridgehead atoms. The number of nitrogens with one attached hydrogen (secondary N) is 1. The van der Waals surface area contributed by atoms with Crippen molar-refractivity contribution in [3.05, 3.63) is 0 Å². The van der Waals surface area contributed by atoms with Crippen molar-refractivity contribution < 1.29 is 19.4 Å². The van der Waals surface area contributed by atoms with Crippen molar-refractivity contribution in [3.8, 4) is 0 Å². The van der Waals surface area contributed by atoms with Crippen molar-refractivity contribution in [2.24, 2.45) is 11.8 Å². The van der Waals surface area contributed by atoms with Crippen LogP contribution >= 0.6 is 0 Å². The zero-order valence-corrected chi connectivity index (χ0v) is 10.3. The average molecular weight is 243 g/mol. The fourth-order valence-electron chi connectivity index (χ4n) is 1.62. The number of rotatable bonds is 9. The molecule has 0 heterocycles. The van der Waals surface area contributed by atoms with E-state index >= 15 is 0 Å². The van der Waals surface area contributed by atoms with Crippen LogP contribution in [0, 0.1) is 11.8 Å². The van der Waals surface area contributed by atoms with E-state index in [2.05, 4.69) is 12.2 Å². The number of hydrogen-bond acceptors (Lipinski definition) is 3. The molecule has 5 nitrogen and oxygen atoms in total. The number of amides is 1. The number of hydrogen-bond donors (Lipinski definition) is 2. The Morgan fingerprint density at radius 1 is 1.29 bits per heavy atom. The standard InChI is InChI=1S/C12H21NO4/c1-2-3-6-17-7-4-5-13-11(14)9-8-10(9)12(15)16/h9-10H,2-8H2,1H3,(H,13,14)(H,15,16). The van der Waals surface area contributed by atoms with E-state index < -0.39 is 11.9 Å². The van der Waals surface area contributed by atoms with Crippen LogP contribution in [0.15, 0.2) is 0 Å². The summed E-state index contributed by atoms with van der Waals surface area (Å²) in [7, 11) is 0. The van der Waals surface area contributed by atoms with Crippen LogP contribution < -0.4 is 5.32 Å². The van der Waals surface area contributed by atoms with Crippen LogP contribution in [-0.2, 0) is 14.3 Å². The Morgan fingerprint density at radius 3 is 2.59 bits per heavy atom. The quantitative estimate of drug-likeness (QED) is 0.593. The summed E-state index contributed by atoms with van der Waals surface area (Å²) in [5.41, 5.74) is 0. The number of ether oxygens (including phenoxy) is 1. The third-order valence-electron chi connectivity index (χ3n) is 2.85. The van der Waals surface area contributed by atoms with Crippen LogP contribution in [0.4, 0.5) is 0 Å². The van der Waals surface area contributed by atoms with Gasteiger partial charge in [-0.1, -0.05) is 13.3 Å². The first-order chi connectivity index (χ1) is 8.16. The van der Waals surface area contributed by atoms with Crippen LogP contribution in [0.2, 0.25) is 0 Å². The normalized spacial score (nSPS) is 22.2. The monoisotopic (exact) mass is 243 g/mol. The average Bonchev–Trinajstić information content (AvgIpc) is 3.07. The Bertz CT molecular complexity index is 267. The fourth-order valence-corrected chi connectivity index (χ4v) is 1.62. The van der Waals surface area contributed by atoms with Gasteiger partial charge < -0.3 is 15.2 Å². The molecule has 0 saturated heterocycles. The van der Waals surface area contributed by atoms with Crippen molar-refractivity contribution in [2.75, 3.05) is 19.8 Å². The van der Waals surface area contributed by atoms with Crippen molar-refractivity contribution >= 4 is 11.9 Å².